The summed E-state index contributed by atoms with van der Waals surface area (Å²) >= 11 is 3.40. The molecule has 4 heteroatoms. The van der Waals surface area contributed by atoms with Gasteiger partial charge in [0.25, 0.3) is 0 Å². The molecule has 0 N–H and O–H groups in total. The first-order chi connectivity index (χ1) is 13.6. The second-order valence-corrected chi connectivity index (χ2v) is 9.19. The molecule has 2 aromatic heterocycles. The average molecular weight is 405 g/mol. The molecule has 2 nitrogen and oxygen atoms in total. The summed E-state index contributed by atoms with van der Waals surface area (Å²) < 4.78 is 0. The van der Waals surface area contributed by atoms with E-state index < -0.39 is 0 Å². The molecule has 0 fully saturated rings. The highest BCUT2D eigenvalue weighted by molar-refractivity contribution is 7.21. The van der Waals surface area contributed by atoms with E-state index in [9.17, 15) is 0 Å². The first kappa shape index (κ1) is 19.0. The molecule has 0 aliphatic carbocycles. The fourth-order valence-electron chi connectivity index (χ4n) is 3.19. The smallest absolute Gasteiger partial charge is 0.153 e. The van der Waals surface area contributed by atoms with E-state index in [1.165, 1.54) is 40.0 Å². The van der Waals surface area contributed by atoms with Gasteiger partial charge in [-0.05, 0) is 32.3 Å². The number of aryl methyl sites for hydroxylation is 3. The SMILES string of the molecule is CCCCc1ccc(-c2csc(-c3nc(-c4ccc(C)cc4)c(C)s3)n2)cc1. The molecule has 0 amide bonds. The van der Waals surface area contributed by atoms with Crippen LogP contribution in [0.5, 0.6) is 0 Å². The van der Waals surface area contributed by atoms with E-state index in [0.717, 1.165) is 27.8 Å². The van der Waals surface area contributed by atoms with Crippen molar-refractivity contribution in [2.75, 3.05) is 0 Å². The van der Waals surface area contributed by atoms with Gasteiger partial charge in [0.2, 0.25) is 0 Å². The minimum absolute atomic E-state index is 0.997. The van der Waals surface area contributed by atoms with Gasteiger partial charge >= 0.3 is 0 Å². The Morgan fingerprint density at radius 2 is 1.54 bits per heavy atom. The zero-order chi connectivity index (χ0) is 19.5. The second-order valence-electron chi connectivity index (χ2n) is 7.13. The molecule has 28 heavy (non-hydrogen) atoms. The molecule has 0 atom stereocenters. The zero-order valence-electron chi connectivity index (χ0n) is 16.5. The predicted octanol–water partition coefficient (Wildman–Crippen LogP) is 7.56. The van der Waals surface area contributed by atoms with Gasteiger partial charge in [0.05, 0.1) is 11.4 Å². The van der Waals surface area contributed by atoms with Crippen molar-refractivity contribution < 1.29 is 0 Å². The lowest BCUT2D eigenvalue weighted by Crippen LogP contribution is -1.85. The van der Waals surface area contributed by atoms with E-state index in [2.05, 4.69) is 74.7 Å². The standard InChI is InChI=1S/C24H24N2S2/c1-4-5-6-18-9-13-19(14-10-18)21-15-27-23(25-21)24-26-22(17(3)28-24)20-11-7-16(2)8-12-20/h7-15H,4-6H2,1-3H3. The van der Waals surface area contributed by atoms with Gasteiger partial charge in [0.15, 0.2) is 10.0 Å². The van der Waals surface area contributed by atoms with Crippen LogP contribution in [0.2, 0.25) is 0 Å². The molecule has 142 valence electrons. The summed E-state index contributed by atoms with van der Waals surface area (Å²) in [7, 11) is 0. The Labute approximate surface area is 175 Å². The third-order valence-corrected chi connectivity index (χ3v) is 6.83. The van der Waals surface area contributed by atoms with Crippen molar-refractivity contribution in [3.05, 3.63) is 69.9 Å². The van der Waals surface area contributed by atoms with Crippen LogP contribution in [0.1, 0.15) is 35.8 Å². The maximum absolute atomic E-state index is 4.90. The molecular weight excluding hydrogens is 380 g/mol. The maximum Gasteiger partial charge on any atom is 0.153 e. The van der Waals surface area contributed by atoms with Gasteiger partial charge in [-0.15, -0.1) is 22.7 Å². The summed E-state index contributed by atoms with van der Waals surface area (Å²) in [4.78, 5) is 11.0. The van der Waals surface area contributed by atoms with Gasteiger partial charge in [-0.3, -0.25) is 0 Å². The normalized spacial score (nSPS) is 11.1. The van der Waals surface area contributed by atoms with Crippen LogP contribution in [0.4, 0.5) is 0 Å². The topological polar surface area (TPSA) is 25.8 Å². The first-order valence-corrected chi connectivity index (χ1v) is 11.4. The molecule has 0 spiro atoms. The van der Waals surface area contributed by atoms with Crippen molar-refractivity contribution in [2.24, 2.45) is 0 Å². The van der Waals surface area contributed by atoms with Crippen LogP contribution < -0.4 is 0 Å². The maximum atomic E-state index is 4.90. The lowest BCUT2D eigenvalue weighted by molar-refractivity contribution is 0.795. The van der Waals surface area contributed by atoms with E-state index in [-0.39, 0.29) is 0 Å². The number of aromatic nitrogens is 2. The van der Waals surface area contributed by atoms with E-state index in [4.69, 9.17) is 9.97 Å². The summed E-state index contributed by atoms with van der Waals surface area (Å²) in [6.07, 6.45) is 3.63. The number of nitrogens with zero attached hydrogens (tertiary/aromatic N) is 2. The van der Waals surface area contributed by atoms with Gasteiger partial charge in [-0.1, -0.05) is 67.4 Å². The van der Waals surface area contributed by atoms with Gasteiger partial charge in [0, 0.05) is 21.4 Å². The Morgan fingerprint density at radius 1 is 0.821 bits per heavy atom. The molecule has 4 aromatic rings. The van der Waals surface area contributed by atoms with Gasteiger partial charge in [-0.2, -0.15) is 0 Å². The molecule has 0 saturated heterocycles. The van der Waals surface area contributed by atoms with E-state index in [0.29, 0.717) is 0 Å². The largest absolute Gasteiger partial charge is 0.233 e. The number of hydrogen-bond donors (Lipinski definition) is 0. The van der Waals surface area contributed by atoms with E-state index in [1.807, 2.05) is 0 Å². The number of unbranched alkanes of at least 4 members (excludes halogenated alkanes) is 1. The Kier molecular flexibility index (Phi) is 5.69. The predicted molar refractivity (Wildman–Crippen MR) is 122 cm³/mol. The minimum Gasteiger partial charge on any atom is -0.233 e. The number of benzene rings is 2. The van der Waals surface area contributed by atoms with Crippen LogP contribution in [0.15, 0.2) is 53.9 Å². The fourth-order valence-corrected chi connectivity index (χ4v) is 4.99. The van der Waals surface area contributed by atoms with Gasteiger partial charge in [-0.25, -0.2) is 9.97 Å². The van der Waals surface area contributed by atoms with Crippen LogP contribution in [-0.4, -0.2) is 9.97 Å². The molecule has 2 heterocycles. The molecule has 0 bridgehead atoms. The molecule has 0 radical (unpaired) electrons. The average Bonchev–Trinajstić information content (AvgIpc) is 3.34. The van der Waals surface area contributed by atoms with Crippen molar-refractivity contribution in [1.82, 2.24) is 9.97 Å². The van der Waals surface area contributed by atoms with Crippen molar-refractivity contribution in [1.29, 1.82) is 0 Å². The summed E-state index contributed by atoms with van der Waals surface area (Å²) in [5, 5.41) is 4.14. The lowest BCUT2D eigenvalue weighted by Gasteiger charge is -2.01. The third kappa shape index (κ3) is 4.08. The fraction of sp³-hybridized carbons (Fsp3) is 0.250. The van der Waals surface area contributed by atoms with Crippen LogP contribution in [0.3, 0.4) is 0 Å². The van der Waals surface area contributed by atoms with Crippen molar-refractivity contribution in [3.8, 4) is 32.5 Å². The van der Waals surface area contributed by atoms with Crippen LogP contribution in [-0.2, 0) is 6.42 Å². The third-order valence-electron chi connectivity index (χ3n) is 4.88. The van der Waals surface area contributed by atoms with Crippen molar-refractivity contribution in [3.63, 3.8) is 0 Å². The molecule has 0 saturated carbocycles. The Balaban J connectivity index is 1.58. The Hall–Kier alpha value is -2.30. The minimum atomic E-state index is 0.997. The molecule has 0 aliphatic rings. The Bertz CT molecular complexity index is 1060. The highest BCUT2D eigenvalue weighted by Crippen LogP contribution is 2.36. The van der Waals surface area contributed by atoms with Gasteiger partial charge in [0.1, 0.15) is 0 Å². The molecule has 4 rings (SSSR count). The highest BCUT2D eigenvalue weighted by Gasteiger charge is 2.14. The summed E-state index contributed by atoms with van der Waals surface area (Å²) in [6.45, 7) is 6.48. The molecule has 2 aromatic carbocycles. The lowest BCUT2D eigenvalue weighted by atomic mass is 10.1. The quantitative estimate of drug-likeness (QED) is 0.331. The summed E-state index contributed by atoms with van der Waals surface area (Å²) in [6, 6.07) is 17.4. The molecule has 0 aliphatic heterocycles. The molecular formula is C24H24N2S2. The highest BCUT2D eigenvalue weighted by atomic mass is 32.1. The van der Waals surface area contributed by atoms with E-state index >= 15 is 0 Å². The number of hydrogen-bond acceptors (Lipinski definition) is 4. The monoisotopic (exact) mass is 404 g/mol. The van der Waals surface area contributed by atoms with Crippen LogP contribution >= 0.6 is 22.7 Å². The summed E-state index contributed by atoms with van der Waals surface area (Å²) in [5.41, 5.74) is 7.12. The van der Waals surface area contributed by atoms with Crippen molar-refractivity contribution >= 4 is 22.7 Å². The van der Waals surface area contributed by atoms with Crippen molar-refractivity contribution in [2.45, 2.75) is 40.0 Å². The first-order valence-electron chi connectivity index (χ1n) is 9.73. The van der Waals surface area contributed by atoms with E-state index in [1.54, 1.807) is 22.7 Å². The number of thiazole rings is 2. The molecule has 0 unspecified atom stereocenters. The second kappa shape index (κ2) is 8.38. The van der Waals surface area contributed by atoms with Crippen LogP contribution in [0.25, 0.3) is 32.5 Å². The summed E-state index contributed by atoms with van der Waals surface area (Å²) in [5.74, 6) is 0. The number of rotatable bonds is 6. The van der Waals surface area contributed by atoms with Gasteiger partial charge < -0.3 is 0 Å². The van der Waals surface area contributed by atoms with Crippen LogP contribution in [0, 0.1) is 13.8 Å². The Morgan fingerprint density at radius 3 is 2.25 bits per heavy atom. The zero-order valence-corrected chi connectivity index (χ0v) is 18.2.